The van der Waals surface area contributed by atoms with Crippen LogP contribution in [0.1, 0.15) is 30.5 Å². The van der Waals surface area contributed by atoms with Crippen molar-refractivity contribution < 1.29 is 4.79 Å². The number of nitrogens with two attached hydrogens (primary N) is 1. The maximum Gasteiger partial charge on any atom is 0.244 e. The molecule has 0 aliphatic carbocycles. The lowest BCUT2D eigenvalue weighted by Crippen LogP contribution is -2.45. The Morgan fingerprint density at radius 3 is 2.70 bits per heavy atom. The van der Waals surface area contributed by atoms with Gasteiger partial charge in [0, 0.05) is 24.1 Å². The van der Waals surface area contributed by atoms with E-state index in [1.807, 2.05) is 47.9 Å². The Kier molecular flexibility index (Phi) is 6.86. The van der Waals surface area contributed by atoms with Crippen LogP contribution in [0.4, 0.5) is 0 Å². The minimum absolute atomic E-state index is 0. The molecule has 3 nitrogen and oxygen atoms in total. The normalized spacial score (nSPS) is 20.1. The summed E-state index contributed by atoms with van der Waals surface area (Å²) in [4.78, 5) is 14.4. The van der Waals surface area contributed by atoms with Crippen LogP contribution in [0.25, 0.3) is 0 Å². The summed E-state index contributed by atoms with van der Waals surface area (Å²) in [6.45, 7) is 5.86. The van der Waals surface area contributed by atoms with E-state index in [4.69, 9.17) is 5.73 Å². The fourth-order valence-electron chi connectivity index (χ4n) is 2.28. The highest BCUT2D eigenvalue weighted by atomic mass is 35.5. The molecule has 1 saturated heterocycles. The van der Waals surface area contributed by atoms with Crippen LogP contribution in [0, 0.1) is 6.92 Å². The van der Waals surface area contributed by atoms with E-state index in [1.54, 1.807) is 0 Å². The zero-order chi connectivity index (χ0) is 13.8. The molecule has 20 heavy (non-hydrogen) atoms. The zero-order valence-electron chi connectivity index (χ0n) is 12.0. The molecular weight excluding hydrogens is 292 g/mol. The fraction of sp³-hybridized carbons (Fsp3) is 0.533. The lowest BCUT2D eigenvalue weighted by Gasteiger charge is -2.33. The van der Waals surface area contributed by atoms with Crippen LogP contribution in [0.5, 0.6) is 0 Å². The van der Waals surface area contributed by atoms with Crippen LogP contribution in [0.15, 0.2) is 24.3 Å². The largest absolute Gasteiger partial charge is 0.339 e. The van der Waals surface area contributed by atoms with E-state index in [-0.39, 0.29) is 18.3 Å². The Hall–Kier alpha value is -0.710. The highest BCUT2D eigenvalue weighted by molar-refractivity contribution is 8.00. The number of carbonyl (C=O) groups excluding carboxylic acids is 1. The molecule has 2 N–H and O–H groups in total. The third-order valence-corrected chi connectivity index (χ3v) is 4.98. The summed E-state index contributed by atoms with van der Waals surface area (Å²) in [7, 11) is 0. The predicted molar refractivity (Wildman–Crippen MR) is 88.5 cm³/mol. The van der Waals surface area contributed by atoms with E-state index in [1.165, 1.54) is 5.56 Å². The van der Waals surface area contributed by atoms with Gasteiger partial charge in [0.15, 0.2) is 0 Å². The first-order valence-electron chi connectivity index (χ1n) is 6.84. The first-order valence-corrected chi connectivity index (χ1v) is 7.89. The third-order valence-electron chi connectivity index (χ3n) is 3.61. The number of halogens is 1. The van der Waals surface area contributed by atoms with E-state index in [2.05, 4.69) is 6.92 Å². The number of hydrogen-bond donors (Lipinski definition) is 1. The fourth-order valence-corrected chi connectivity index (χ4v) is 3.46. The van der Waals surface area contributed by atoms with Gasteiger partial charge < -0.3 is 10.6 Å². The minimum Gasteiger partial charge on any atom is -0.339 e. The van der Waals surface area contributed by atoms with Gasteiger partial charge in [-0.25, -0.2) is 0 Å². The number of amides is 1. The van der Waals surface area contributed by atoms with Crippen LogP contribution >= 0.6 is 24.2 Å². The van der Waals surface area contributed by atoms with Crippen LogP contribution in [-0.4, -0.2) is 34.9 Å². The molecule has 0 aromatic heterocycles. The molecule has 2 rings (SSSR count). The molecule has 1 aliphatic rings. The summed E-state index contributed by atoms with van der Waals surface area (Å²) < 4.78 is 0. The van der Waals surface area contributed by atoms with Gasteiger partial charge in [-0.2, -0.15) is 11.8 Å². The molecule has 2 unspecified atom stereocenters. The Balaban J connectivity index is 0.00000200. The van der Waals surface area contributed by atoms with E-state index in [0.717, 1.165) is 30.8 Å². The summed E-state index contributed by atoms with van der Waals surface area (Å²) in [5, 5.41) is 0.558. The van der Waals surface area contributed by atoms with Crippen molar-refractivity contribution in [3.8, 4) is 0 Å². The van der Waals surface area contributed by atoms with Gasteiger partial charge in [0.1, 0.15) is 6.04 Å². The lowest BCUT2D eigenvalue weighted by atomic mass is 10.0. The quantitative estimate of drug-likeness (QED) is 0.933. The van der Waals surface area contributed by atoms with E-state index in [9.17, 15) is 4.79 Å². The van der Waals surface area contributed by atoms with Crippen molar-refractivity contribution in [2.45, 2.75) is 31.6 Å². The van der Waals surface area contributed by atoms with Gasteiger partial charge in [-0.05, 0) is 18.9 Å². The summed E-state index contributed by atoms with van der Waals surface area (Å²) in [6.07, 6.45) is 1.11. The van der Waals surface area contributed by atoms with Crippen molar-refractivity contribution in [2.24, 2.45) is 5.73 Å². The van der Waals surface area contributed by atoms with Gasteiger partial charge in [0.2, 0.25) is 5.91 Å². The third kappa shape index (κ3) is 4.14. The summed E-state index contributed by atoms with van der Waals surface area (Å²) in [6, 6.07) is 7.38. The second kappa shape index (κ2) is 7.91. The van der Waals surface area contributed by atoms with Crippen molar-refractivity contribution in [1.29, 1.82) is 0 Å². The van der Waals surface area contributed by atoms with Gasteiger partial charge in [-0.1, -0.05) is 36.8 Å². The first-order chi connectivity index (χ1) is 9.11. The standard InChI is InChI=1S/C15H22N2OS.ClH/c1-3-13-10-17(8-9-19-13)15(18)14(16)12-6-4-11(2)5-7-12;/h4-7,13-14H,3,8-10,16H2,1-2H3;1H. The Morgan fingerprint density at radius 1 is 1.45 bits per heavy atom. The molecule has 2 atom stereocenters. The SMILES string of the molecule is CCC1CN(C(=O)C(N)c2ccc(C)cc2)CCS1.Cl. The molecule has 5 heteroatoms. The Morgan fingerprint density at radius 2 is 2.10 bits per heavy atom. The van der Waals surface area contributed by atoms with Crippen molar-refractivity contribution in [3.05, 3.63) is 35.4 Å². The number of carbonyl (C=O) groups is 1. The van der Waals surface area contributed by atoms with Crippen LogP contribution in [-0.2, 0) is 4.79 Å². The van der Waals surface area contributed by atoms with Gasteiger partial charge >= 0.3 is 0 Å². The average molecular weight is 315 g/mol. The predicted octanol–water partition coefficient (Wildman–Crippen LogP) is 2.77. The van der Waals surface area contributed by atoms with Gasteiger partial charge in [-0.3, -0.25) is 4.79 Å². The van der Waals surface area contributed by atoms with Crippen molar-refractivity contribution in [3.63, 3.8) is 0 Å². The Bertz CT molecular complexity index is 438. The molecular formula is C15H23ClN2OS. The van der Waals surface area contributed by atoms with Crippen molar-refractivity contribution in [1.82, 2.24) is 4.90 Å². The van der Waals surface area contributed by atoms with Crippen molar-refractivity contribution in [2.75, 3.05) is 18.8 Å². The topological polar surface area (TPSA) is 46.3 Å². The molecule has 1 aromatic rings. The second-order valence-electron chi connectivity index (χ2n) is 5.07. The Labute approximate surface area is 131 Å². The number of nitrogens with zero attached hydrogens (tertiary/aromatic N) is 1. The molecule has 0 bridgehead atoms. The molecule has 1 aromatic carbocycles. The monoisotopic (exact) mass is 314 g/mol. The van der Waals surface area contributed by atoms with E-state index >= 15 is 0 Å². The van der Waals surface area contributed by atoms with Crippen LogP contribution in [0.3, 0.4) is 0 Å². The second-order valence-corrected chi connectivity index (χ2v) is 6.48. The van der Waals surface area contributed by atoms with Gasteiger partial charge in [0.05, 0.1) is 0 Å². The minimum atomic E-state index is -0.527. The van der Waals surface area contributed by atoms with Crippen molar-refractivity contribution >= 4 is 30.1 Å². The van der Waals surface area contributed by atoms with E-state index < -0.39 is 6.04 Å². The summed E-state index contributed by atoms with van der Waals surface area (Å²) in [5.41, 5.74) is 8.20. The summed E-state index contributed by atoms with van der Waals surface area (Å²) >= 11 is 1.96. The number of rotatable bonds is 3. The number of aryl methyl sites for hydroxylation is 1. The number of thioether (sulfide) groups is 1. The maximum absolute atomic E-state index is 12.4. The number of benzene rings is 1. The molecule has 112 valence electrons. The molecule has 0 saturated carbocycles. The molecule has 0 radical (unpaired) electrons. The highest BCUT2D eigenvalue weighted by Gasteiger charge is 2.27. The molecule has 1 amide bonds. The maximum atomic E-state index is 12.4. The molecule has 0 spiro atoms. The summed E-state index contributed by atoms with van der Waals surface area (Å²) in [5.74, 6) is 1.08. The number of hydrogen-bond acceptors (Lipinski definition) is 3. The lowest BCUT2D eigenvalue weighted by molar-refractivity contribution is -0.132. The molecule has 1 fully saturated rings. The van der Waals surface area contributed by atoms with E-state index in [0.29, 0.717) is 5.25 Å². The van der Waals surface area contributed by atoms with Crippen LogP contribution in [0.2, 0.25) is 0 Å². The smallest absolute Gasteiger partial charge is 0.244 e. The van der Waals surface area contributed by atoms with Gasteiger partial charge in [-0.15, -0.1) is 12.4 Å². The average Bonchev–Trinajstić information content (AvgIpc) is 2.46. The molecule has 1 aliphatic heterocycles. The van der Waals surface area contributed by atoms with Crippen LogP contribution < -0.4 is 5.73 Å². The molecule has 1 heterocycles. The van der Waals surface area contributed by atoms with Gasteiger partial charge in [0.25, 0.3) is 0 Å². The highest BCUT2D eigenvalue weighted by Crippen LogP contribution is 2.23. The first kappa shape index (κ1) is 17.3. The zero-order valence-corrected chi connectivity index (χ0v) is 13.7.